The maximum absolute atomic E-state index is 3.55. The van der Waals surface area contributed by atoms with Crippen LogP contribution in [0, 0.1) is 12.8 Å². The first kappa shape index (κ1) is 12.3. The molecular weight excluding hydrogens is 182 g/mol. The minimum absolute atomic E-state index is 0.606. The highest BCUT2D eigenvalue weighted by Gasteiger charge is 2.04. The van der Waals surface area contributed by atoms with Gasteiger partial charge in [0.1, 0.15) is 0 Å². The lowest BCUT2D eigenvalue weighted by Gasteiger charge is -2.17. The molecule has 1 nitrogen and oxygen atoms in total. The van der Waals surface area contributed by atoms with Crippen LogP contribution in [0.15, 0.2) is 24.3 Å². The molecule has 1 rings (SSSR count). The van der Waals surface area contributed by atoms with Crippen LogP contribution >= 0.6 is 0 Å². The van der Waals surface area contributed by atoms with Crippen molar-refractivity contribution in [2.24, 2.45) is 5.92 Å². The van der Waals surface area contributed by atoms with Gasteiger partial charge in [0.25, 0.3) is 0 Å². The zero-order valence-electron chi connectivity index (χ0n) is 10.4. The fourth-order valence-corrected chi connectivity index (χ4v) is 1.55. The highest BCUT2D eigenvalue weighted by molar-refractivity contribution is 5.22. The van der Waals surface area contributed by atoms with E-state index in [1.807, 2.05) is 0 Å². The molecule has 0 aliphatic rings. The van der Waals surface area contributed by atoms with Crippen molar-refractivity contribution < 1.29 is 0 Å². The van der Waals surface area contributed by atoms with Gasteiger partial charge in [0.2, 0.25) is 0 Å². The molecule has 1 heteroatoms. The quantitative estimate of drug-likeness (QED) is 0.778. The summed E-state index contributed by atoms with van der Waals surface area (Å²) in [6.45, 7) is 9.98. The number of benzene rings is 1. The molecule has 15 heavy (non-hydrogen) atoms. The fourth-order valence-electron chi connectivity index (χ4n) is 1.55. The molecule has 0 aromatic heterocycles. The highest BCUT2D eigenvalue weighted by Crippen LogP contribution is 2.05. The summed E-state index contributed by atoms with van der Waals surface area (Å²) in [4.78, 5) is 0. The Morgan fingerprint density at radius 3 is 2.53 bits per heavy atom. The van der Waals surface area contributed by atoms with Gasteiger partial charge in [-0.3, -0.25) is 0 Å². The van der Waals surface area contributed by atoms with E-state index < -0.39 is 0 Å². The first-order valence-electron chi connectivity index (χ1n) is 5.88. The lowest BCUT2D eigenvalue weighted by molar-refractivity contribution is 0.430. The van der Waals surface area contributed by atoms with Crippen LogP contribution in [-0.2, 0) is 6.42 Å². The Morgan fingerprint density at radius 1 is 1.20 bits per heavy atom. The summed E-state index contributed by atoms with van der Waals surface area (Å²) in [5.74, 6) is 0.711. The molecule has 1 N–H and O–H groups in total. The Morgan fingerprint density at radius 2 is 1.93 bits per heavy atom. The van der Waals surface area contributed by atoms with Crippen LogP contribution in [0.1, 0.15) is 31.9 Å². The zero-order chi connectivity index (χ0) is 11.3. The number of nitrogens with one attached hydrogen (secondary N) is 1. The molecule has 0 aliphatic heterocycles. The van der Waals surface area contributed by atoms with Crippen molar-refractivity contribution in [3.63, 3.8) is 0 Å². The first-order valence-corrected chi connectivity index (χ1v) is 5.88. The van der Waals surface area contributed by atoms with Gasteiger partial charge in [-0.05, 0) is 38.3 Å². The SMILES string of the molecule is Cc1cccc(CCNC(C)C(C)C)c1. The molecule has 0 aliphatic carbocycles. The molecular formula is C14H23N. The number of rotatable bonds is 5. The molecule has 0 fully saturated rings. The van der Waals surface area contributed by atoms with Gasteiger partial charge in [0.15, 0.2) is 0 Å². The Balaban J connectivity index is 2.32. The van der Waals surface area contributed by atoms with E-state index >= 15 is 0 Å². The van der Waals surface area contributed by atoms with Crippen molar-refractivity contribution in [1.82, 2.24) is 5.32 Å². The lowest BCUT2D eigenvalue weighted by atomic mass is 10.1. The summed E-state index contributed by atoms with van der Waals surface area (Å²) >= 11 is 0. The van der Waals surface area contributed by atoms with Gasteiger partial charge < -0.3 is 5.32 Å². The Kier molecular flexibility index (Phi) is 4.83. The maximum atomic E-state index is 3.55. The summed E-state index contributed by atoms with van der Waals surface area (Å²) in [5.41, 5.74) is 2.78. The summed E-state index contributed by atoms with van der Waals surface area (Å²) in [7, 11) is 0. The lowest BCUT2D eigenvalue weighted by Crippen LogP contribution is -2.32. The molecule has 0 amide bonds. The molecule has 84 valence electrons. The van der Waals surface area contributed by atoms with E-state index in [-0.39, 0.29) is 0 Å². The molecule has 1 atom stereocenters. The minimum Gasteiger partial charge on any atom is -0.314 e. The predicted octanol–water partition coefficient (Wildman–Crippen LogP) is 3.17. The second-order valence-electron chi connectivity index (χ2n) is 4.73. The van der Waals surface area contributed by atoms with Crippen LogP contribution in [0.4, 0.5) is 0 Å². The van der Waals surface area contributed by atoms with Gasteiger partial charge in [-0.25, -0.2) is 0 Å². The van der Waals surface area contributed by atoms with E-state index in [0.717, 1.165) is 13.0 Å². The van der Waals surface area contributed by atoms with Gasteiger partial charge >= 0.3 is 0 Å². The van der Waals surface area contributed by atoms with Crippen molar-refractivity contribution in [2.75, 3.05) is 6.54 Å². The van der Waals surface area contributed by atoms with Crippen LogP contribution in [0.3, 0.4) is 0 Å². The Bertz CT molecular complexity index is 291. The third kappa shape index (κ3) is 4.48. The molecule has 0 spiro atoms. The zero-order valence-corrected chi connectivity index (χ0v) is 10.4. The average Bonchev–Trinajstić information content (AvgIpc) is 2.17. The normalized spacial score (nSPS) is 13.1. The summed E-state index contributed by atoms with van der Waals surface area (Å²) in [6.07, 6.45) is 1.12. The number of hydrogen-bond donors (Lipinski definition) is 1. The third-order valence-corrected chi connectivity index (χ3v) is 2.96. The third-order valence-electron chi connectivity index (χ3n) is 2.96. The van der Waals surface area contributed by atoms with E-state index in [9.17, 15) is 0 Å². The second-order valence-corrected chi connectivity index (χ2v) is 4.73. The Labute approximate surface area is 93.9 Å². The van der Waals surface area contributed by atoms with Gasteiger partial charge in [-0.15, -0.1) is 0 Å². The van der Waals surface area contributed by atoms with E-state index in [0.29, 0.717) is 12.0 Å². The molecule has 0 radical (unpaired) electrons. The maximum Gasteiger partial charge on any atom is 0.00618 e. The molecule has 1 aromatic carbocycles. The molecule has 0 heterocycles. The largest absolute Gasteiger partial charge is 0.314 e. The van der Waals surface area contributed by atoms with Crippen molar-refractivity contribution in [2.45, 2.75) is 40.2 Å². The fraction of sp³-hybridized carbons (Fsp3) is 0.571. The summed E-state index contributed by atoms with van der Waals surface area (Å²) in [6, 6.07) is 9.36. The standard InChI is InChI=1S/C14H23N/c1-11(2)13(4)15-9-8-14-7-5-6-12(3)10-14/h5-7,10-11,13,15H,8-9H2,1-4H3. The van der Waals surface area contributed by atoms with Crippen molar-refractivity contribution in [3.8, 4) is 0 Å². The monoisotopic (exact) mass is 205 g/mol. The summed E-state index contributed by atoms with van der Waals surface area (Å²) in [5, 5.41) is 3.55. The van der Waals surface area contributed by atoms with E-state index in [1.54, 1.807) is 0 Å². The van der Waals surface area contributed by atoms with Gasteiger partial charge in [-0.1, -0.05) is 43.7 Å². The van der Waals surface area contributed by atoms with E-state index in [1.165, 1.54) is 11.1 Å². The van der Waals surface area contributed by atoms with Gasteiger partial charge in [0.05, 0.1) is 0 Å². The van der Waals surface area contributed by atoms with Crippen LogP contribution < -0.4 is 5.32 Å². The van der Waals surface area contributed by atoms with E-state index in [4.69, 9.17) is 0 Å². The molecule has 1 unspecified atom stereocenters. The molecule has 0 bridgehead atoms. The average molecular weight is 205 g/mol. The Hall–Kier alpha value is -0.820. The first-order chi connectivity index (χ1) is 7.09. The van der Waals surface area contributed by atoms with Crippen molar-refractivity contribution in [3.05, 3.63) is 35.4 Å². The molecule has 0 saturated carbocycles. The smallest absolute Gasteiger partial charge is 0.00618 e. The minimum atomic E-state index is 0.606. The van der Waals surface area contributed by atoms with Crippen LogP contribution in [0.5, 0.6) is 0 Å². The van der Waals surface area contributed by atoms with Crippen molar-refractivity contribution in [1.29, 1.82) is 0 Å². The second kappa shape index (κ2) is 5.92. The summed E-state index contributed by atoms with van der Waals surface area (Å²) < 4.78 is 0. The molecule has 0 saturated heterocycles. The van der Waals surface area contributed by atoms with Gasteiger partial charge in [0, 0.05) is 6.04 Å². The van der Waals surface area contributed by atoms with Crippen molar-refractivity contribution >= 4 is 0 Å². The predicted molar refractivity (Wildman–Crippen MR) is 67.2 cm³/mol. The van der Waals surface area contributed by atoms with Crippen LogP contribution in [0.25, 0.3) is 0 Å². The topological polar surface area (TPSA) is 12.0 Å². The van der Waals surface area contributed by atoms with Gasteiger partial charge in [-0.2, -0.15) is 0 Å². The van der Waals surface area contributed by atoms with E-state index in [2.05, 4.69) is 57.3 Å². The number of aryl methyl sites for hydroxylation is 1. The highest BCUT2D eigenvalue weighted by atomic mass is 14.9. The molecule has 1 aromatic rings. The van der Waals surface area contributed by atoms with Crippen LogP contribution in [0.2, 0.25) is 0 Å². The van der Waals surface area contributed by atoms with Crippen LogP contribution in [-0.4, -0.2) is 12.6 Å². The number of hydrogen-bond acceptors (Lipinski definition) is 1.